The molecule has 0 bridgehead atoms. The van der Waals surface area contributed by atoms with E-state index in [-0.39, 0.29) is 17.5 Å². The van der Waals surface area contributed by atoms with Crippen molar-refractivity contribution in [2.45, 2.75) is 51.4 Å². The number of fused-ring (bicyclic) bond motifs is 1. The van der Waals surface area contributed by atoms with Crippen molar-refractivity contribution in [2.75, 3.05) is 18.3 Å². The Morgan fingerprint density at radius 3 is 1.85 bits per heavy atom. The molecule has 0 aliphatic carbocycles. The summed E-state index contributed by atoms with van der Waals surface area (Å²) < 4.78 is 75.8. The predicted octanol–water partition coefficient (Wildman–Crippen LogP) is 7.29. The van der Waals surface area contributed by atoms with Crippen LogP contribution >= 0.6 is 0 Å². The van der Waals surface area contributed by atoms with Crippen molar-refractivity contribution in [3.8, 4) is 0 Å². The van der Waals surface area contributed by atoms with E-state index in [2.05, 4.69) is 4.72 Å². The zero-order valence-corrected chi connectivity index (χ0v) is 32.2. The molecule has 2 aromatic heterocycles. The van der Waals surface area contributed by atoms with E-state index in [1.54, 1.807) is 25.4 Å². The topological polar surface area (TPSA) is 103 Å². The van der Waals surface area contributed by atoms with Crippen molar-refractivity contribution in [1.29, 1.82) is 0 Å². The molecule has 0 saturated carbocycles. The number of nitrogens with one attached hydrogen (secondary N) is 1. The van der Waals surface area contributed by atoms with Gasteiger partial charge in [-0.1, -0.05) is 97.9 Å². The number of ketones is 1. The van der Waals surface area contributed by atoms with Crippen LogP contribution in [0, 0.1) is 11.6 Å². The Balaban J connectivity index is 1.53. The molecule has 4 aromatic carbocycles. The van der Waals surface area contributed by atoms with Gasteiger partial charge >= 0.3 is 17.3 Å². The molecule has 9 nitrogen and oxygen atoms in total. The Kier molecular flexibility index (Phi) is 9.79. The second kappa shape index (κ2) is 14.1. The molecule has 0 atom stereocenters. The first kappa shape index (κ1) is 38.1. The maximum atomic E-state index is 16.4. The lowest BCUT2D eigenvalue weighted by atomic mass is 9.76. The Morgan fingerprint density at radius 1 is 0.855 bits per heavy atom. The summed E-state index contributed by atoms with van der Waals surface area (Å²) in [5.74, 6) is -3.53. The summed E-state index contributed by atoms with van der Waals surface area (Å²) in [6.45, 7) is 9.38. The van der Waals surface area contributed by atoms with E-state index in [0.29, 0.717) is 11.1 Å². The molecular weight excluding hydrogens is 721 g/mol. The van der Waals surface area contributed by atoms with E-state index >= 15 is 8.78 Å². The summed E-state index contributed by atoms with van der Waals surface area (Å²) in [5, 5.41) is 0.278. The average Bonchev–Trinajstić information content (AvgIpc) is 3.66. The third-order valence-electron chi connectivity index (χ3n) is 10.8. The standard InChI is InChI=1S/C42H41BF2N4O5S/c1-7-48(6)55(51,52)47-35-24-23-34(44)36(37(35)45)38(50)33-27-49(39-32(33)25-31(26-46-39)43-53-40(2,3)41(4,5)54-43)42(28-17-11-8-12-18-28,29-19-13-9-14-20-29)30-21-15-10-16-22-30/h8-27,47H,7H2,1-6H3. The van der Waals surface area contributed by atoms with Crippen LogP contribution in [0.25, 0.3) is 11.0 Å². The van der Waals surface area contributed by atoms with Gasteiger partial charge in [-0.2, -0.15) is 12.7 Å². The molecule has 0 spiro atoms. The maximum absolute atomic E-state index is 16.4. The summed E-state index contributed by atoms with van der Waals surface area (Å²) in [6, 6.07) is 32.7. The molecule has 1 N–H and O–H groups in total. The van der Waals surface area contributed by atoms with Crippen LogP contribution in [0.4, 0.5) is 14.5 Å². The SMILES string of the molecule is CCN(C)S(=O)(=O)Nc1ccc(F)c(C(=O)c2cn(C(c3ccccc3)(c3ccccc3)c3ccccc3)c3ncc(B4OC(C)(C)C(C)(C)O4)cc23)c1F. The summed E-state index contributed by atoms with van der Waals surface area (Å²) in [4.78, 5) is 19.8. The van der Waals surface area contributed by atoms with E-state index in [0.717, 1.165) is 33.1 Å². The Morgan fingerprint density at radius 2 is 1.36 bits per heavy atom. The molecular formula is C42H41BF2N4O5S. The molecule has 0 unspecified atom stereocenters. The minimum absolute atomic E-state index is 0.0727. The molecule has 1 aliphatic rings. The fraction of sp³-hybridized carbons (Fsp3) is 0.238. The molecule has 1 fully saturated rings. The number of anilines is 1. The third-order valence-corrected chi connectivity index (χ3v) is 12.3. The van der Waals surface area contributed by atoms with Gasteiger partial charge in [-0.25, -0.2) is 13.8 Å². The van der Waals surface area contributed by atoms with E-state index in [9.17, 15) is 13.2 Å². The normalized spacial score (nSPS) is 15.5. The molecule has 0 radical (unpaired) electrons. The second-order valence-electron chi connectivity index (χ2n) is 14.6. The number of hydrogen-bond donors (Lipinski definition) is 1. The van der Waals surface area contributed by atoms with Gasteiger partial charge in [0, 0.05) is 36.8 Å². The average molecular weight is 763 g/mol. The van der Waals surface area contributed by atoms with Crippen molar-refractivity contribution < 1.29 is 31.3 Å². The molecule has 1 aliphatic heterocycles. The van der Waals surface area contributed by atoms with Gasteiger partial charge in [-0.15, -0.1) is 0 Å². The van der Waals surface area contributed by atoms with Gasteiger partial charge < -0.3 is 13.9 Å². The number of halogens is 2. The fourth-order valence-corrected chi connectivity index (χ4v) is 7.92. The highest BCUT2D eigenvalue weighted by molar-refractivity contribution is 7.90. The van der Waals surface area contributed by atoms with E-state index < -0.39 is 62.7 Å². The number of pyridine rings is 1. The lowest BCUT2D eigenvalue weighted by molar-refractivity contribution is 0.00578. The highest BCUT2D eigenvalue weighted by Crippen LogP contribution is 2.44. The van der Waals surface area contributed by atoms with Gasteiger partial charge in [-0.3, -0.25) is 9.52 Å². The highest BCUT2D eigenvalue weighted by atomic mass is 32.2. The van der Waals surface area contributed by atoms with E-state index in [1.807, 2.05) is 123 Å². The van der Waals surface area contributed by atoms with Gasteiger partial charge in [0.05, 0.1) is 28.0 Å². The first-order valence-electron chi connectivity index (χ1n) is 17.9. The quantitative estimate of drug-likeness (QED) is 0.0846. The van der Waals surface area contributed by atoms with Crippen LogP contribution in [0.15, 0.2) is 122 Å². The number of rotatable bonds is 11. The molecule has 3 heterocycles. The zero-order chi connectivity index (χ0) is 39.3. The van der Waals surface area contributed by atoms with Crippen molar-refractivity contribution in [2.24, 2.45) is 0 Å². The highest BCUT2D eigenvalue weighted by Gasteiger charge is 2.52. The fourth-order valence-electron chi connectivity index (χ4n) is 6.98. The summed E-state index contributed by atoms with van der Waals surface area (Å²) in [5.41, 5.74) is -0.790. The van der Waals surface area contributed by atoms with Crippen molar-refractivity contribution in [3.05, 3.63) is 161 Å². The van der Waals surface area contributed by atoms with E-state index in [4.69, 9.17) is 14.3 Å². The monoisotopic (exact) mass is 762 g/mol. The molecule has 13 heteroatoms. The minimum Gasteiger partial charge on any atom is -0.399 e. The number of aromatic nitrogens is 2. The second-order valence-corrected chi connectivity index (χ2v) is 16.4. The lowest BCUT2D eigenvalue weighted by Crippen LogP contribution is -2.41. The van der Waals surface area contributed by atoms with Crippen LogP contribution in [0.3, 0.4) is 0 Å². The predicted molar refractivity (Wildman–Crippen MR) is 211 cm³/mol. The van der Waals surface area contributed by atoms with Crippen LogP contribution in [-0.4, -0.2) is 60.0 Å². The smallest absolute Gasteiger partial charge is 0.399 e. The van der Waals surface area contributed by atoms with Crippen LogP contribution in [0.5, 0.6) is 0 Å². The molecule has 6 aromatic rings. The van der Waals surface area contributed by atoms with Crippen LogP contribution in [0.2, 0.25) is 0 Å². The molecule has 55 heavy (non-hydrogen) atoms. The molecule has 0 amide bonds. The first-order valence-corrected chi connectivity index (χ1v) is 19.4. The van der Waals surface area contributed by atoms with Crippen molar-refractivity contribution in [3.63, 3.8) is 0 Å². The van der Waals surface area contributed by atoms with Crippen LogP contribution < -0.4 is 10.2 Å². The number of benzene rings is 4. The number of carbonyl (C=O) groups is 1. The minimum atomic E-state index is -4.21. The van der Waals surface area contributed by atoms with Gasteiger partial charge in [-0.05, 0) is 62.6 Å². The molecule has 282 valence electrons. The number of carbonyl (C=O) groups excluding carboxylic acids is 1. The summed E-state index contributed by atoms with van der Waals surface area (Å²) in [6.07, 6.45) is 3.20. The van der Waals surface area contributed by atoms with Gasteiger partial charge in [0.25, 0.3) is 0 Å². The van der Waals surface area contributed by atoms with Gasteiger partial charge in [0.1, 0.15) is 17.0 Å². The number of hydrogen-bond acceptors (Lipinski definition) is 6. The lowest BCUT2D eigenvalue weighted by Gasteiger charge is -2.38. The summed E-state index contributed by atoms with van der Waals surface area (Å²) >= 11 is 0. The Hall–Kier alpha value is -5.21. The molecule has 7 rings (SSSR count). The van der Waals surface area contributed by atoms with Crippen molar-refractivity contribution >= 4 is 45.3 Å². The summed E-state index contributed by atoms with van der Waals surface area (Å²) in [7, 11) is -3.76. The number of nitrogens with zero attached hydrogens (tertiary/aromatic N) is 3. The van der Waals surface area contributed by atoms with Crippen LogP contribution in [0.1, 0.15) is 67.2 Å². The van der Waals surface area contributed by atoms with Gasteiger partial charge in [0.2, 0.25) is 5.78 Å². The van der Waals surface area contributed by atoms with E-state index in [1.165, 1.54) is 7.05 Å². The molecule has 1 saturated heterocycles. The van der Waals surface area contributed by atoms with Crippen LogP contribution in [-0.2, 0) is 25.1 Å². The largest absolute Gasteiger partial charge is 0.496 e. The van der Waals surface area contributed by atoms with Crippen molar-refractivity contribution in [1.82, 2.24) is 13.9 Å². The van der Waals surface area contributed by atoms with Gasteiger partial charge in [0.15, 0.2) is 5.82 Å². The first-order chi connectivity index (χ1) is 26.1. The Labute approximate surface area is 320 Å². The maximum Gasteiger partial charge on any atom is 0.496 e. The Bertz CT molecular complexity index is 2390. The third kappa shape index (κ3) is 6.44. The zero-order valence-electron chi connectivity index (χ0n) is 31.4.